The van der Waals surface area contributed by atoms with Crippen LogP contribution in [0.5, 0.6) is 0 Å². The molecule has 3 rings (SSSR count). The van der Waals surface area contributed by atoms with E-state index in [1.807, 2.05) is 18.2 Å². The molecule has 0 spiro atoms. The minimum absolute atomic E-state index is 0.0468. The molecule has 10 heteroatoms. The number of urea groups is 1. The lowest BCUT2D eigenvalue weighted by atomic mass is 9.84. The molecule has 5 N–H and O–H groups in total. The third-order valence-electron chi connectivity index (χ3n) is 5.84. The fraction of sp³-hybridized carbons (Fsp3) is 0.524. The average molecular weight is 431 g/mol. The Labute approximate surface area is 181 Å². The maximum atomic E-state index is 12.9. The molecule has 0 bridgehead atoms. The van der Waals surface area contributed by atoms with E-state index < -0.39 is 29.9 Å². The highest BCUT2D eigenvalue weighted by atomic mass is 16.4. The maximum absolute atomic E-state index is 12.9. The Morgan fingerprint density at radius 3 is 2.39 bits per heavy atom. The van der Waals surface area contributed by atoms with Gasteiger partial charge in [0.1, 0.15) is 0 Å². The zero-order valence-corrected chi connectivity index (χ0v) is 17.5. The Morgan fingerprint density at radius 1 is 1.10 bits per heavy atom. The van der Waals surface area contributed by atoms with Crippen LogP contribution < -0.4 is 11.5 Å². The zero-order valence-electron chi connectivity index (χ0n) is 17.5. The molecule has 2 aliphatic rings. The standard InChI is InChI=1S/C21H30N6O4/c22-20(23)24-9-4-7-16-17(19(29)30)27(18(16)28)21(31)26-13-11-25(12-14-26)10-8-15-5-2-1-3-6-15/h1-3,5-6,16-17H,4,7-14H2,(H,29,30)(H4,22,23,24)/t16-,17+/m1/s1. The monoisotopic (exact) mass is 430 g/mol. The summed E-state index contributed by atoms with van der Waals surface area (Å²) in [5.41, 5.74) is 11.8. The molecule has 31 heavy (non-hydrogen) atoms. The summed E-state index contributed by atoms with van der Waals surface area (Å²) in [6.45, 7) is 3.54. The van der Waals surface area contributed by atoms with Crippen LogP contribution in [-0.4, -0.2) is 89.0 Å². The van der Waals surface area contributed by atoms with Crippen LogP contribution in [0.4, 0.5) is 4.79 Å². The second-order valence-electron chi connectivity index (χ2n) is 7.89. The summed E-state index contributed by atoms with van der Waals surface area (Å²) in [4.78, 5) is 45.7. The van der Waals surface area contributed by atoms with Crippen LogP contribution in [0.1, 0.15) is 18.4 Å². The number of carbonyl (C=O) groups is 3. The van der Waals surface area contributed by atoms with Gasteiger partial charge in [-0.25, -0.2) is 14.5 Å². The number of carboxylic acid groups (broad SMARTS) is 1. The molecule has 0 radical (unpaired) electrons. The lowest BCUT2D eigenvalue weighted by Gasteiger charge is -2.46. The highest BCUT2D eigenvalue weighted by molar-refractivity contribution is 6.07. The second-order valence-corrected chi connectivity index (χ2v) is 7.89. The molecule has 0 saturated carbocycles. The van der Waals surface area contributed by atoms with Crippen LogP contribution >= 0.6 is 0 Å². The number of likely N-dealkylation sites (tertiary alicyclic amines) is 1. The van der Waals surface area contributed by atoms with Crippen LogP contribution in [-0.2, 0) is 16.0 Å². The molecular formula is C21H30N6O4. The number of rotatable bonds is 8. The van der Waals surface area contributed by atoms with Gasteiger partial charge in [-0.05, 0) is 24.8 Å². The first kappa shape index (κ1) is 22.5. The Morgan fingerprint density at radius 2 is 1.77 bits per heavy atom. The number of benzene rings is 1. The van der Waals surface area contributed by atoms with Crippen molar-refractivity contribution in [2.24, 2.45) is 22.4 Å². The molecular weight excluding hydrogens is 400 g/mol. The van der Waals surface area contributed by atoms with Gasteiger partial charge >= 0.3 is 12.0 Å². The molecule has 0 aliphatic carbocycles. The number of carbonyl (C=O) groups excluding carboxylic acids is 2. The molecule has 0 unspecified atom stereocenters. The number of β-lactam (4-membered cyclic amide) rings is 1. The fourth-order valence-corrected chi connectivity index (χ4v) is 4.09. The van der Waals surface area contributed by atoms with Crippen molar-refractivity contribution in [1.82, 2.24) is 14.7 Å². The van der Waals surface area contributed by atoms with E-state index in [0.29, 0.717) is 45.6 Å². The first-order valence-electron chi connectivity index (χ1n) is 10.5. The predicted octanol–water partition coefficient (Wildman–Crippen LogP) is -0.0681. The number of aliphatic imine (C=N–C) groups is 1. The summed E-state index contributed by atoms with van der Waals surface area (Å²) < 4.78 is 0. The van der Waals surface area contributed by atoms with Crippen molar-refractivity contribution < 1.29 is 19.5 Å². The van der Waals surface area contributed by atoms with Crippen LogP contribution in [0.2, 0.25) is 0 Å². The van der Waals surface area contributed by atoms with Gasteiger partial charge in [0, 0.05) is 39.3 Å². The Balaban J connectivity index is 1.48. The maximum Gasteiger partial charge on any atom is 0.327 e. The number of aliphatic carboxylic acids is 1. The van der Waals surface area contributed by atoms with E-state index in [1.54, 1.807) is 4.90 Å². The predicted molar refractivity (Wildman–Crippen MR) is 115 cm³/mol. The van der Waals surface area contributed by atoms with Gasteiger partial charge in [0.25, 0.3) is 0 Å². The Kier molecular flexibility index (Phi) is 7.45. The van der Waals surface area contributed by atoms with E-state index in [-0.39, 0.29) is 5.96 Å². The van der Waals surface area contributed by atoms with E-state index in [0.717, 1.165) is 17.9 Å². The number of hydrogen-bond donors (Lipinski definition) is 3. The van der Waals surface area contributed by atoms with Gasteiger partial charge in [-0.2, -0.15) is 0 Å². The second kappa shape index (κ2) is 10.3. The Hall–Kier alpha value is -3.14. The highest BCUT2D eigenvalue weighted by Gasteiger charge is 2.55. The van der Waals surface area contributed by atoms with Crippen LogP contribution in [0.3, 0.4) is 0 Å². The van der Waals surface area contributed by atoms with Crippen molar-refractivity contribution in [3.8, 4) is 0 Å². The number of imide groups is 1. The first-order chi connectivity index (χ1) is 14.9. The van der Waals surface area contributed by atoms with E-state index in [9.17, 15) is 19.5 Å². The summed E-state index contributed by atoms with van der Waals surface area (Å²) in [6, 6.07) is 8.57. The van der Waals surface area contributed by atoms with Gasteiger partial charge in [0.15, 0.2) is 12.0 Å². The smallest absolute Gasteiger partial charge is 0.327 e. The lowest BCUT2D eigenvalue weighted by Crippen LogP contribution is -2.69. The molecule has 0 aromatic heterocycles. The minimum atomic E-state index is -1.17. The van der Waals surface area contributed by atoms with Crippen molar-refractivity contribution in [3.63, 3.8) is 0 Å². The van der Waals surface area contributed by atoms with Crippen molar-refractivity contribution in [3.05, 3.63) is 35.9 Å². The van der Waals surface area contributed by atoms with Gasteiger partial charge in [-0.1, -0.05) is 30.3 Å². The van der Waals surface area contributed by atoms with Gasteiger partial charge in [0.2, 0.25) is 5.91 Å². The number of hydrogen-bond acceptors (Lipinski definition) is 5. The summed E-state index contributed by atoms with van der Waals surface area (Å²) in [6.07, 6.45) is 1.73. The van der Waals surface area contributed by atoms with Crippen LogP contribution in [0, 0.1) is 5.92 Å². The first-order valence-corrected chi connectivity index (χ1v) is 10.5. The molecule has 168 valence electrons. The van der Waals surface area contributed by atoms with E-state index >= 15 is 0 Å². The molecule has 2 aliphatic heterocycles. The normalized spacial score (nSPS) is 21.5. The summed E-state index contributed by atoms with van der Waals surface area (Å²) in [5.74, 6) is -2.37. The van der Waals surface area contributed by atoms with E-state index in [2.05, 4.69) is 22.0 Å². The minimum Gasteiger partial charge on any atom is -0.480 e. The molecule has 1 aromatic carbocycles. The van der Waals surface area contributed by atoms with Crippen LogP contribution in [0.25, 0.3) is 0 Å². The van der Waals surface area contributed by atoms with Crippen molar-refractivity contribution in [2.75, 3.05) is 39.3 Å². The SMILES string of the molecule is NC(N)=NCCC[C@H]1C(=O)N(C(=O)N2CCN(CCc3ccccc3)CC2)[C@@H]1C(=O)O. The summed E-state index contributed by atoms with van der Waals surface area (Å²) >= 11 is 0. The van der Waals surface area contributed by atoms with Gasteiger partial charge in [0.05, 0.1) is 5.92 Å². The molecule has 2 fully saturated rings. The molecule has 1 aromatic rings. The van der Waals surface area contributed by atoms with E-state index in [4.69, 9.17) is 11.5 Å². The average Bonchev–Trinajstić information content (AvgIpc) is 2.76. The fourth-order valence-electron chi connectivity index (χ4n) is 4.09. The van der Waals surface area contributed by atoms with Crippen molar-refractivity contribution >= 4 is 23.9 Å². The summed E-state index contributed by atoms with van der Waals surface area (Å²) in [5, 5.41) is 9.56. The Bertz CT molecular complexity index is 818. The lowest BCUT2D eigenvalue weighted by molar-refractivity contribution is -0.167. The quantitative estimate of drug-likeness (QED) is 0.226. The van der Waals surface area contributed by atoms with Gasteiger partial charge < -0.3 is 21.5 Å². The van der Waals surface area contributed by atoms with Gasteiger partial charge in [-0.3, -0.25) is 14.7 Å². The number of piperazine rings is 1. The third kappa shape index (κ3) is 5.52. The van der Waals surface area contributed by atoms with Gasteiger partial charge in [-0.15, -0.1) is 0 Å². The summed E-state index contributed by atoms with van der Waals surface area (Å²) in [7, 11) is 0. The molecule has 10 nitrogen and oxygen atoms in total. The molecule has 2 atom stereocenters. The number of carboxylic acids is 1. The number of amides is 3. The van der Waals surface area contributed by atoms with Crippen LogP contribution in [0.15, 0.2) is 35.3 Å². The van der Waals surface area contributed by atoms with Crippen molar-refractivity contribution in [2.45, 2.75) is 25.3 Å². The molecule has 2 saturated heterocycles. The topological polar surface area (TPSA) is 146 Å². The number of nitrogens with zero attached hydrogens (tertiary/aromatic N) is 4. The number of guanidine groups is 1. The highest BCUT2D eigenvalue weighted by Crippen LogP contribution is 2.32. The van der Waals surface area contributed by atoms with Crippen molar-refractivity contribution in [1.29, 1.82) is 0 Å². The number of nitrogens with two attached hydrogens (primary N) is 2. The largest absolute Gasteiger partial charge is 0.480 e. The zero-order chi connectivity index (χ0) is 22.4. The molecule has 3 amide bonds. The molecule has 2 heterocycles. The van der Waals surface area contributed by atoms with E-state index in [1.165, 1.54) is 5.56 Å². The third-order valence-corrected chi connectivity index (χ3v) is 5.84.